The van der Waals surface area contributed by atoms with Crippen molar-refractivity contribution in [1.82, 2.24) is 0 Å². The van der Waals surface area contributed by atoms with Crippen LogP contribution in [0.5, 0.6) is 0 Å². The monoisotopic (exact) mass is 448 g/mol. The van der Waals surface area contributed by atoms with Gasteiger partial charge < -0.3 is 0 Å². The molecule has 28 heavy (non-hydrogen) atoms. The Kier molecular flexibility index (Phi) is 5.54. The average Bonchev–Trinajstić information content (AvgIpc) is 2.52. The Morgan fingerprint density at radius 3 is 1.82 bits per heavy atom. The first-order valence-electron chi connectivity index (χ1n) is 6.87. The summed E-state index contributed by atoms with van der Waals surface area (Å²) in [4.78, 5) is 8.50. The van der Waals surface area contributed by atoms with Crippen LogP contribution in [0, 0.1) is 10.1 Å². The fourth-order valence-corrected chi connectivity index (χ4v) is 3.38. The third-order valence-corrected chi connectivity index (χ3v) is 4.93. The Hall–Kier alpha value is -2.54. The van der Waals surface area contributed by atoms with E-state index in [1.165, 1.54) is 0 Å². The lowest BCUT2D eigenvalue weighted by Gasteiger charge is -2.15. The van der Waals surface area contributed by atoms with Gasteiger partial charge in [0, 0.05) is 6.07 Å². The lowest BCUT2D eigenvalue weighted by Crippen LogP contribution is -2.17. The number of benzene rings is 2. The molecule has 0 saturated heterocycles. The normalized spacial score (nSPS) is 12.7. The lowest BCUT2D eigenvalue weighted by molar-refractivity contribution is -0.384. The van der Waals surface area contributed by atoms with E-state index in [1.54, 1.807) is 4.72 Å². The molecule has 0 atom stereocenters. The van der Waals surface area contributed by atoms with Crippen LogP contribution in [-0.4, -0.2) is 13.3 Å². The summed E-state index contributed by atoms with van der Waals surface area (Å²) < 4.78 is 103. The van der Waals surface area contributed by atoms with Crippen molar-refractivity contribution in [3.63, 3.8) is 0 Å². The highest BCUT2D eigenvalue weighted by molar-refractivity contribution is 7.92. The number of hydrogen-bond acceptors (Lipinski definition) is 4. The predicted octanol–water partition coefficient (Wildman–Crippen LogP) is 5.09. The molecule has 2 rings (SSSR count). The van der Waals surface area contributed by atoms with Gasteiger partial charge in [0.2, 0.25) is 0 Å². The predicted molar refractivity (Wildman–Crippen MR) is 85.4 cm³/mol. The Labute approximate surface area is 157 Å². The van der Waals surface area contributed by atoms with Gasteiger partial charge in [0.25, 0.3) is 15.7 Å². The van der Waals surface area contributed by atoms with Gasteiger partial charge in [-0.25, -0.2) is 8.42 Å². The van der Waals surface area contributed by atoms with Gasteiger partial charge in [-0.15, -0.1) is 0 Å². The second-order valence-corrected chi connectivity index (χ2v) is 7.36. The maximum atomic E-state index is 12.9. The minimum Gasteiger partial charge on any atom is -0.280 e. The van der Waals surface area contributed by atoms with Gasteiger partial charge in [-0.3, -0.25) is 14.8 Å². The molecule has 152 valence electrons. The maximum absolute atomic E-state index is 12.9. The summed E-state index contributed by atoms with van der Waals surface area (Å²) >= 11 is 5.60. The number of halogens is 7. The van der Waals surface area contributed by atoms with Crippen molar-refractivity contribution >= 4 is 33.0 Å². The molecule has 1 N–H and O–H groups in total. The number of sulfonamides is 1. The smallest absolute Gasteiger partial charge is 0.280 e. The van der Waals surface area contributed by atoms with Crippen LogP contribution in [0.2, 0.25) is 5.02 Å². The van der Waals surface area contributed by atoms with Gasteiger partial charge in [-0.05, 0) is 30.3 Å². The SMILES string of the molecule is O=[N+]([O-])c1ccc(NS(=O)(=O)c2cc(C(F)(F)F)cc(C(F)(F)F)c2)cc1Cl. The summed E-state index contributed by atoms with van der Waals surface area (Å²) in [6.07, 6.45) is -10.5. The van der Waals surface area contributed by atoms with Crippen molar-refractivity contribution in [2.24, 2.45) is 0 Å². The van der Waals surface area contributed by atoms with Gasteiger partial charge >= 0.3 is 12.4 Å². The summed E-state index contributed by atoms with van der Waals surface area (Å²) in [5.74, 6) is 0. The molecule has 0 aliphatic rings. The highest BCUT2D eigenvalue weighted by atomic mass is 35.5. The van der Waals surface area contributed by atoms with Crippen LogP contribution in [-0.2, 0) is 22.4 Å². The fraction of sp³-hybridized carbons (Fsp3) is 0.143. The minimum atomic E-state index is -5.23. The van der Waals surface area contributed by atoms with Gasteiger partial charge in [-0.2, -0.15) is 26.3 Å². The number of nitrogens with one attached hydrogen (secondary N) is 1. The van der Waals surface area contributed by atoms with Crippen LogP contribution in [0.1, 0.15) is 11.1 Å². The largest absolute Gasteiger partial charge is 0.416 e. The lowest BCUT2D eigenvalue weighted by atomic mass is 10.1. The number of hydrogen-bond donors (Lipinski definition) is 1. The number of rotatable bonds is 4. The van der Waals surface area contributed by atoms with Crippen LogP contribution >= 0.6 is 11.6 Å². The summed E-state index contributed by atoms with van der Waals surface area (Å²) in [7, 11) is -4.91. The summed E-state index contributed by atoms with van der Waals surface area (Å²) in [5.41, 5.74) is -4.61. The number of alkyl halides is 6. The molecule has 0 aromatic heterocycles. The van der Waals surface area contributed by atoms with Crippen molar-refractivity contribution in [3.05, 3.63) is 62.7 Å². The van der Waals surface area contributed by atoms with Crippen LogP contribution in [0.25, 0.3) is 0 Å². The van der Waals surface area contributed by atoms with Crippen LogP contribution in [0.4, 0.5) is 37.7 Å². The average molecular weight is 449 g/mol. The Morgan fingerprint density at radius 2 is 1.43 bits per heavy atom. The summed E-state index contributed by atoms with van der Waals surface area (Å²) in [5, 5.41) is 10.2. The van der Waals surface area contributed by atoms with Gasteiger partial charge in [0.1, 0.15) is 5.02 Å². The van der Waals surface area contributed by atoms with E-state index in [2.05, 4.69) is 0 Å². The molecule has 0 radical (unpaired) electrons. The Bertz CT molecular complexity index is 1000. The van der Waals surface area contributed by atoms with E-state index in [4.69, 9.17) is 11.6 Å². The van der Waals surface area contributed by atoms with E-state index in [-0.39, 0.29) is 18.2 Å². The molecule has 0 saturated carbocycles. The van der Waals surface area contributed by atoms with Crippen LogP contribution < -0.4 is 4.72 Å². The molecule has 0 amide bonds. The third kappa shape index (κ3) is 4.84. The topological polar surface area (TPSA) is 89.3 Å². The van der Waals surface area contributed by atoms with Crippen molar-refractivity contribution in [2.75, 3.05) is 4.72 Å². The molecule has 0 aliphatic heterocycles. The van der Waals surface area contributed by atoms with Crippen LogP contribution in [0.3, 0.4) is 0 Å². The molecule has 0 unspecified atom stereocenters. The molecule has 0 aliphatic carbocycles. The van der Waals surface area contributed by atoms with Gasteiger partial charge in [0.15, 0.2) is 0 Å². The second-order valence-electron chi connectivity index (χ2n) is 5.27. The molecular formula is C14H7ClF6N2O4S. The zero-order chi connectivity index (χ0) is 21.5. The number of anilines is 1. The molecule has 6 nitrogen and oxygen atoms in total. The van der Waals surface area contributed by atoms with Gasteiger partial charge in [-0.1, -0.05) is 11.6 Å². The van der Waals surface area contributed by atoms with Crippen molar-refractivity contribution in [3.8, 4) is 0 Å². The van der Waals surface area contributed by atoms with E-state index < -0.39 is 59.7 Å². The quantitative estimate of drug-likeness (QED) is 0.401. The zero-order valence-electron chi connectivity index (χ0n) is 13.1. The molecule has 0 heterocycles. The first-order valence-corrected chi connectivity index (χ1v) is 8.73. The molecule has 2 aromatic carbocycles. The minimum absolute atomic E-state index is 0.0323. The number of nitro benzene ring substituents is 1. The van der Waals surface area contributed by atoms with E-state index in [1.807, 2.05) is 0 Å². The highest BCUT2D eigenvalue weighted by Gasteiger charge is 2.38. The highest BCUT2D eigenvalue weighted by Crippen LogP contribution is 2.37. The molecule has 2 aromatic rings. The van der Waals surface area contributed by atoms with Crippen molar-refractivity contribution < 1.29 is 39.7 Å². The van der Waals surface area contributed by atoms with Crippen molar-refractivity contribution in [2.45, 2.75) is 17.2 Å². The maximum Gasteiger partial charge on any atom is 0.416 e. The number of nitrogens with zero attached hydrogens (tertiary/aromatic N) is 1. The van der Waals surface area contributed by atoms with Crippen LogP contribution in [0.15, 0.2) is 41.3 Å². The first kappa shape index (κ1) is 21.8. The molecule has 14 heteroatoms. The number of nitro groups is 1. The third-order valence-electron chi connectivity index (χ3n) is 3.27. The van der Waals surface area contributed by atoms with E-state index in [9.17, 15) is 44.9 Å². The standard InChI is InChI=1S/C14H7ClF6N2O4S/c15-11-6-9(1-2-12(11)23(24)25)22-28(26,27)10-4-7(13(16,17)18)3-8(5-10)14(19,20)21/h1-6,22H. The second kappa shape index (κ2) is 7.13. The van der Waals surface area contributed by atoms with E-state index in [0.29, 0.717) is 0 Å². The van der Waals surface area contributed by atoms with Gasteiger partial charge in [0.05, 0.1) is 26.6 Å². The first-order chi connectivity index (χ1) is 12.6. The van der Waals surface area contributed by atoms with Crippen molar-refractivity contribution in [1.29, 1.82) is 0 Å². The molecule has 0 bridgehead atoms. The summed E-state index contributed by atoms with van der Waals surface area (Å²) in [6.45, 7) is 0. The Morgan fingerprint density at radius 1 is 0.929 bits per heavy atom. The zero-order valence-corrected chi connectivity index (χ0v) is 14.7. The van der Waals surface area contributed by atoms with E-state index in [0.717, 1.165) is 18.2 Å². The van der Waals surface area contributed by atoms with E-state index >= 15 is 0 Å². The molecule has 0 spiro atoms. The Balaban J connectivity index is 2.53. The fourth-order valence-electron chi connectivity index (χ4n) is 2.01. The molecule has 0 fully saturated rings. The summed E-state index contributed by atoms with van der Waals surface area (Å²) in [6, 6.07) is 2.32. The molecular weight excluding hydrogens is 442 g/mol.